The lowest BCUT2D eigenvalue weighted by molar-refractivity contribution is 0.282. The molecule has 0 aliphatic rings. The summed E-state index contributed by atoms with van der Waals surface area (Å²) in [5, 5.41) is 10.6. The fourth-order valence-corrected chi connectivity index (χ4v) is 2.35. The number of benzene rings is 2. The molecule has 2 aromatic carbocycles. The van der Waals surface area contributed by atoms with Gasteiger partial charge in [-0.3, -0.25) is 0 Å². The van der Waals surface area contributed by atoms with Crippen LogP contribution in [0.15, 0.2) is 30.3 Å². The molecule has 0 aromatic heterocycles. The average Bonchev–Trinajstić information content (AvgIpc) is 2.27. The number of hydrogen-bond acceptors (Lipinski definition) is 1. The predicted octanol–water partition coefficient (Wildman–Crippen LogP) is 4.61. The van der Waals surface area contributed by atoms with Gasteiger partial charge < -0.3 is 5.11 Å². The van der Waals surface area contributed by atoms with Gasteiger partial charge in [0.2, 0.25) is 0 Å². The van der Waals surface area contributed by atoms with E-state index >= 15 is 0 Å². The van der Waals surface area contributed by atoms with Crippen LogP contribution in [0.1, 0.15) is 5.56 Å². The van der Waals surface area contributed by atoms with Crippen molar-refractivity contribution in [3.63, 3.8) is 0 Å². The molecule has 4 heteroatoms. The van der Waals surface area contributed by atoms with Crippen LogP contribution in [0.2, 0.25) is 15.1 Å². The van der Waals surface area contributed by atoms with E-state index in [1.807, 2.05) is 0 Å². The second kappa shape index (κ2) is 5.28. The molecule has 0 heterocycles. The molecule has 0 amide bonds. The number of aliphatic hydroxyl groups is 1. The molecule has 0 aliphatic heterocycles. The SMILES string of the molecule is OCc1c[c]c(-c2cc(Cl)cc(Cl)c2)c(Cl)c1. The zero-order valence-electron chi connectivity index (χ0n) is 8.67. The highest BCUT2D eigenvalue weighted by Crippen LogP contribution is 2.32. The Bertz CT molecular complexity index is 532. The van der Waals surface area contributed by atoms with E-state index in [2.05, 4.69) is 6.07 Å². The zero-order chi connectivity index (χ0) is 12.4. The van der Waals surface area contributed by atoms with Crippen molar-refractivity contribution in [3.05, 3.63) is 57.0 Å². The smallest absolute Gasteiger partial charge is 0.0682 e. The molecule has 0 fully saturated rings. The van der Waals surface area contributed by atoms with E-state index in [-0.39, 0.29) is 6.61 Å². The summed E-state index contributed by atoms with van der Waals surface area (Å²) >= 11 is 18.0. The minimum atomic E-state index is -0.0627. The Labute approximate surface area is 115 Å². The number of hydrogen-bond donors (Lipinski definition) is 1. The van der Waals surface area contributed by atoms with Gasteiger partial charge in [0.15, 0.2) is 0 Å². The highest BCUT2D eigenvalue weighted by atomic mass is 35.5. The molecule has 17 heavy (non-hydrogen) atoms. The zero-order valence-corrected chi connectivity index (χ0v) is 10.9. The van der Waals surface area contributed by atoms with E-state index in [9.17, 15) is 0 Å². The predicted molar refractivity (Wildman–Crippen MR) is 71.7 cm³/mol. The normalized spacial score (nSPS) is 10.6. The molecule has 0 spiro atoms. The van der Waals surface area contributed by atoms with E-state index in [0.29, 0.717) is 26.2 Å². The summed E-state index contributed by atoms with van der Waals surface area (Å²) in [4.78, 5) is 0. The fraction of sp³-hybridized carbons (Fsp3) is 0.0769. The Hall–Kier alpha value is -0.730. The lowest BCUT2D eigenvalue weighted by Crippen LogP contribution is -1.86. The first-order valence-electron chi connectivity index (χ1n) is 4.87. The Morgan fingerprint density at radius 3 is 2.18 bits per heavy atom. The summed E-state index contributed by atoms with van der Waals surface area (Å²) < 4.78 is 0. The van der Waals surface area contributed by atoms with Gasteiger partial charge >= 0.3 is 0 Å². The molecular weight excluding hydrogens is 279 g/mol. The second-order valence-corrected chi connectivity index (χ2v) is 4.83. The first-order valence-corrected chi connectivity index (χ1v) is 6.01. The first kappa shape index (κ1) is 12.7. The maximum Gasteiger partial charge on any atom is 0.0682 e. The molecule has 1 nitrogen and oxygen atoms in total. The van der Waals surface area contributed by atoms with Crippen molar-refractivity contribution in [2.45, 2.75) is 6.61 Å². The van der Waals surface area contributed by atoms with E-state index < -0.39 is 0 Å². The van der Waals surface area contributed by atoms with Gasteiger partial charge in [0.25, 0.3) is 0 Å². The summed E-state index contributed by atoms with van der Waals surface area (Å²) in [5.41, 5.74) is 2.23. The largest absolute Gasteiger partial charge is 0.392 e. The average molecular weight is 287 g/mol. The highest BCUT2D eigenvalue weighted by molar-refractivity contribution is 6.36. The lowest BCUT2D eigenvalue weighted by atomic mass is 10.0. The third kappa shape index (κ3) is 2.93. The molecule has 0 saturated carbocycles. The molecule has 1 radical (unpaired) electrons. The summed E-state index contributed by atoms with van der Waals surface area (Å²) in [5.74, 6) is 0. The van der Waals surface area contributed by atoms with E-state index in [4.69, 9.17) is 39.9 Å². The fourth-order valence-electron chi connectivity index (χ4n) is 1.52. The molecule has 0 aliphatic carbocycles. The van der Waals surface area contributed by atoms with Crippen LogP contribution in [0, 0.1) is 6.07 Å². The van der Waals surface area contributed by atoms with Crippen molar-refractivity contribution in [2.75, 3.05) is 0 Å². The quantitative estimate of drug-likeness (QED) is 0.855. The van der Waals surface area contributed by atoms with Crippen molar-refractivity contribution in [1.82, 2.24) is 0 Å². The van der Waals surface area contributed by atoms with Crippen molar-refractivity contribution in [3.8, 4) is 11.1 Å². The summed E-state index contributed by atoms with van der Waals surface area (Å²) in [6, 6.07) is 11.6. The minimum absolute atomic E-state index is 0.0627. The summed E-state index contributed by atoms with van der Waals surface area (Å²) in [7, 11) is 0. The Morgan fingerprint density at radius 1 is 1.00 bits per heavy atom. The van der Waals surface area contributed by atoms with Gasteiger partial charge in [-0.2, -0.15) is 0 Å². The molecule has 87 valence electrons. The van der Waals surface area contributed by atoms with Gasteiger partial charge in [-0.25, -0.2) is 0 Å². The van der Waals surface area contributed by atoms with Crippen LogP contribution >= 0.6 is 34.8 Å². The Kier molecular flexibility index (Phi) is 3.95. The van der Waals surface area contributed by atoms with Gasteiger partial charge in [-0.05, 0) is 47.5 Å². The molecule has 0 bridgehead atoms. The number of aliphatic hydroxyl groups excluding tert-OH is 1. The maximum absolute atomic E-state index is 8.99. The van der Waals surface area contributed by atoms with Crippen molar-refractivity contribution >= 4 is 34.8 Å². The summed E-state index contributed by atoms with van der Waals surface area (Å²) in [6.07, 6.45) is 0. The van der Waals surface area contributed by atoms with E-state index in [1.54, 1.807) is 30.3 Å². The van der Waals surface area contributed by atoms with Crippen LogP contribution in [-0.2, 0) is 6.61 Å². The molecule has 0 unspecified atom stereocenters. The Morgan fingerprint density at radius 2 is 1.65 bits per heavy atom. The number of rotatable bonds is 2. The third-order valence-corrected chi connectivity index (χ3v) is 3.02. The van der Waals surface area contributed by atoms with E-state index in [0.717, 1.165) is 5.56 Å². The van der Waals surface area contributed by atoms with Gasteiger partial charge in [0.1, 0.15) is 0 Å². The van der Waals surface area contributed by atoms with Gasteiger partial charge in [0, 0.05) is 20.6 Å². The minimum Gasteiger partial charge on any atom is -0.392 e. The first-order chi connectivity index (χ1) is 8.10. The Balaban J connectivity index is 2.52. The van der Waals surface area contributed by atoms with Crippen molar-refractivity contribution in [1.29, 1.82) is 0 Å². The van der Waals surface area contributed by atoms with Crippen LogP contribution < -0.4 is 0 Å². The maximum atomic E-state index is 8.99. The molecule has 2 rings (SSSR count). The van der Waals surface area contributed by atoms with E-state index in [1.165, 1.54) is 0 Å². The molecule has 0 saturated heterocycles. The molecular formula is C13H8Cl3O. The molecule has 0 atom stereocenters. The topological polar surface area (TPSA) is 20.2 Å². The van der Waals surface area contributed by atoms with Crippen molar-refractivity contribution < 1.29 is 5.11 Å². The van der Waals surface area contributed by atoms with Crippen molar-refractivity contribution in [2.24, 2.45) is 0 Å². The number of halogens is 3. The standard InChI is InChI=1S/C13H8Cl3O/c14-10-4-9(5-11(15)6-10)12-2-1-8(7-17)3-13(12)16/h1,3-6,17H,7H2. The monoisotopic (exact) mass is 285 g/mol. The summed E-state index contributed by atoms with van der Waals surface area (Å²) in [6.45, 7) is -0.0627. The highest BCUT2D eigenvalue weighted by Gasteiger charge is 2.07. The van der Waals surface area contributed by atoms with Gasteiger partial charge in [-0.15, -0.1) is 0 Å². The molecule has 1 N–H and O–H groups in total. The third-order valence-electron chi connectivity index (χ3n) is 2.29. The van der Waals surface area contributed by atoms with Crippen LogP contribution in [-0.4, -0.2) is 5.11 Å². The van der Waals surface area contributed by atoms with Crippen LogP contribution in [0.3, 0.4) is 0 Å². The van der Waals surface area contributed by atoms with Gasteiger partial charge in [0.05, 0.1) is 6.61 Å². The molecule has 2 aromatic rings. The van der Waals surface area contributed by atoms with Crippen LogP contribution in [0.25, 0.3) is 11.1 Å². The van der Waals surface area contributed by atoms with Crippen LogP contribution in [0.5, 0.6) is 0 Å². The van der Waals surface area contributed by atoms with Crippen LogP contribution in [0.4, 0.5) is 0 Å². The van der Waals surface area contributed by atoms with Gasteiger partial charge in [-0.1, -0.05) is 34.8 Å². The second-order valence-electron chi connectivity index (χ2n) is 3.55. The lowest BCUT2D eigenvalue weighted by Gasteiger charge is -2.07.